The van der Waals surface area contributed by atoms with Crippen molar-refractivity contribution in [3.8, 4) is 21.9 Å². The second-order valence-electron chi connectivity index (χ2n) is 13.9. The number of hydrogen-bond acceptors (Lipinski definition) is 10. The zero-order chi connectivity index (χ0) is 38.3. The molecule has 0 radical (unpaired) electrons. The Morgan fingerprint density at radius 2 is 1.80 bits per heavy atom. The summed E-state index contributed by atoms with van der Waals surface area (Å²) in [5.74, 6) is 2.07. The fourth-order valence-corrected chi connectivity index (χ4v) is 9.13. The molecule has 55 heavy (non-hydrogen) atoms. The summed E-state index contributed by atoms with van der Waals surface area (Å²) >= 11 is 8.04. The summed E-state index contributed by atoms with van der Waals surface area (Å²) in [5, 5.41) is 15.8. The first-order valence-electron chi connectivity index (χ1n) is 17.9. The van der Waals surface area contributed by atoms with Crippen LogP contribution in [0, 0.1) is 34.6 Å². The van der Waals surface area contributed by atoms with Crippen LogP contribution in [0.3, 0.4) is 0 Å². The van der Waals surface area contributed by atoms with E-state index in [0.29, 0.717) is 38.9 Å². The van der Waals surface area contributed by atoms with Crippen LogP contribution in [0.15, 0.2) is 81.3 Å². The number of nitrogens with zero attached hydrogens (tertiary/aromatic N) is 9. The molecule has 0 aliphatic carbocycles. The Morgan fingerprint density at radius 1 is 1.00 bits per heavy atom. The van der Waals surface area contributed by atoms with Gasteiger partial charge in [-0.3, -0.25) is 24.1 Å². The summed E-state index contributed by atoms with van der Waals surface area (Å²) in [6, 6.07) is 16.9. The lowest BCUT2D eigenvalue weighted by Crippen LogP contribution is -2.32. The number of benzene rings is 2. The lowest BCUT2D eigenvalue weighted by Gasteiger charge is -2.15. The molecule has 1 aliphatic heterocycles. The van der Waals surface area contributed by atoms with Gasteiger partial charge in [-0.05, 0) is 83.5 Å². The minimum atomic E-state index is -0.597. The highest BCUT2D eigenvalue weighted by molar-refractivity contribution is 7.15. The second kappa shape index (κ2) is 13.2. The zero-order valence-electron chi connectivity index (χ0n) is 31.2. The van der Waals surface area contributed by atoms with Gasteiger partial charge in [-0.2, -0.15) is 0 Å². The standard InChI is InChI=1S/C40H35BClN9O3S/c1-19-23(5)55-39-33(19)35(25-11-13-26(42)14-12-25)45-37(38-47-46-24(6)50(38)39)41-51-31-18-44-30-16-28(34-20(2)48-54-22(34)4)32(53-7)17-27(30)36(31)49(40(51)52)21(3)29-10-8-9-15-43-29/h8-18,21,37,41H,1-7H3. The van der Waals surface area contributed by atoms with Gasteiger partial charge in [0.2, 0.25) is 0 Å². The van der Waals surface area contributed by atoms with Crippen LogP contribution in [0.5, 0.6) is 5.75 Å². The zero-order valence-corrected chi connectivity index (χ0v) is 32.8. The normalized spacial score (nSPS) is 14.5. The van der Waals surface area contributed by atoms with Crippen molar-refractivity contribution in [2.45, 2.75) is 53.5 Å². The molecule has 0 amide bonds. The number of methoxy groups -OCH3 is 1. The van der Waals surface area contributed by atoms with E-state index in [1.807, 2.05) is 82.3 Å². The first-order valence-corrected chi connectivity index (χ1v) is 19.1. The van der Waals surface area contributed by atoms with Crippen molar-refractivity contribution in [3.05, 3.63) is 133 Å². The van der Waals surface area contributed by atoms with E-state index in [-0.39, 0.29) is 13.1 Å². The van der Waals surface area contributed by atoms with Gasteiger partial charge in [0.05, 0.1) is 58.6 Å². The van der Waals surface area contributed by atoms with Crippen molar-refractivity contribution in [1.29, 1.82) is 0 Å². The van der Waals surface area contributed by atoms with Crippen LogP contribution >= 0.6 is 22.9 Å². The minimum Gasteiger partial charge on any atom is -0.496 e. The molecule has 9 rings (SSSR count). The van der Waals surface area contributed by atoms with Crippen molar-refractivity contribution < 1.29 is 9.26 Å². The number of thiophene rings is 1. The first-order chi connectivity index (χ1) is 26.5. The maximum atomic E-state index is 15.1. The second-order valence-corrected chi connectivity index (χ2v) is 15.5. The third-order valence-electron chi connectivity index (χ3n) is 10.6. The SMILES string of the molecule is COc1cc2c(cc1-c1c(C)noc1C)ncc1c2n(C(C)c2ccccn2)c(=O)n1BC1N=C(c2ccc(Cl)cc2)c2c(sc(C)c2C)-n2c(C)nnc21. The Morgan fingerprint density at radius 3 is 2.51 bits per heavy atom. The molecule has 12 nitrogen and oxygen atoms in total. The predicted molar refractivity (Wildman–Crippen MR) is 217 cm³/mol. The number of fused-ring (bicyclic) bond motifs is 6. The third-order valence-corrected chi connectivity index (χ3v) is 12.1. The van der Waals surface area contributed by atoms with Crippen LogP contribution in [0.25, 0.3) is 38.1 Å². The highest BCUT2D eigenvalue weighted by Crippen LogP contribution is 2.41. The Balaban J connectivity index is 1.30. The van der Waals surface area contributed by atoms with E-state index in [0.717, 1.165) is 61.1 Å². The summed E-state index contributed by atoms with van der Waals surface area (Å²) in [7, 11) is 1.80. The van der Waals surface area contributed by atoms with E-state index in [4.69, 9.17) is 35.9 Å². The Hall–Kier alpha value is -5.86. The van der Waals surface area contributed by atoms with Crippen molar-refractivity contribution in [2.24, 2.45) is 4.99 Å². The molecule has 1 aliphatic rings. The average Bonchev–Trinajstić information content (AvgIpc) is 3.88. The van der Waals surface area contributed by atoms with Crippen molar-refractivity contribution in [3.63, 3.8) is 0 Å². The minimum absolute atomic E-state index is 0.168. The van der Waals surface area contributed by atoms with E-state index in [9.17, 15) is 0 Å². The number of aryl methyl sites for hydroxylation is 4. The number of aromatic nitrogens is 8. The molecule has 7 heterocycles. The summed E-state index contributed by atoms with van der Waals surface area (Å²) in [6.07, 6.45) is 3.51. The number of ether oxygens (including phenoxy) is 1. The van der Waals surface area contributed by atoms with Gasteiger partial charge < -0.3 is 13.7 Å². The molecule has 274 valence electrons. The Kier molecular flexibility index (Phi) is 8.35. The summed E-state index contributed by atoms with van der Waals surface area (Å²) in [4.78, 5) is 31.4. The van der Waals surface area contributed by atoms with Gasteiger partial charge in [0.25, 0.3) is 7.41 Å². The molecule has 8 aromatic rings. The number of pyridine rings is 2. The monoisotopic (exact) mass is 767 g/mol. The lowest BCUT2D eigenvalue weighted by molar-refractivity contribution is 0.393. The molecule has 15 heteroatoms. The number of halogens is 1. The third kappa shape index (κ3) is 5.45. The van der Waals surface area contributed by atoms with Gasteiger partial charge >= 0.3 is 5.69 Å². The molecule has 6 aromatic heterocycles. The van der Waals surface area contributed by atoms with Gasteiger partial charge in [0, 0.05) is 38.2 Å². The smallest absolute Gasteiger partial charge is 0.317 e. The molecule has 0 saturated carbocycles. The number of aliphatic imine (C=N–C) groups is 1. The number of rotatable bonds is 7. The molecule has 0 fully saturated rings. The molecule has 0 spiro atoms. The fourth-order valence-electron chi connectivity index (χ4n) is 7.79. The van der Waals surface area contributed by atoms with Gasteiger partial charge in [0.15, 0.2) is 5.82 Å². The maximum Gasteiger partial charge on any atom is 0.317 e. The van der Waals surface area contributed by atoms with Crippen LogP contribution in [-0.2, 0) is 0 Å². The molecule has 0 saturated heterocycles. The van der Waals surface area contributed by atoms with E-state index in [1.165, 1.54) is 4.88 Å². The van der Waals surface area contributed by atoms with E-state index in [1.54, 1.807) is 39.9 Å². The van der Waals surface area contributed by atoms with Gasteiger partial charge in [-0.15, -0.1) is 21.5 Å². The first kappa shape index (κ1) is 34.9. The molecule has 2 unspecified atom stereocenters. The van der Waals surface area contributed by atoms with Crippen LogP contribution in [-0.4, -0.2) is 59.2 Å². The van der Waals surface area contributed by atoms with E-state index >= 15 is 4.79 Å². The molecular formula is C40H35BClN9O3S. The van der Waals surface area contributed by atoms with Gasteiger partial charge in [-0.1, -0.05) is 35.0 Å². The Bertz CT molecular complexity index is 2890. The number of hydrogen-bond donors (Lipinski definition) is 0. The quantitative estimate of drug-likeness (QED) is 0.152. The van der Waals surface area contributed by atoms with Crippen LogP contribution < -0.4 is 10.4 Å². The molecular weight excluding hydrogens is 733 g/mol. The van der Waals surface area contributed by atoms with Crippen molar-refractivity contribution in [2.75, 3.05) is 7.11 Å². The van der Waals surface area contributed by atoms with E-state index in [2.05, 4.69) is 33.7 Å². The van der Waals surface area contributed by atoms with Gasteiger partial charge in [-0.25, -0.2) is 4.79 Å². The fraction of sp³-hybridized carbons (Fsp3) is 0.225. The van der Waals surface area contributed by atoms with Crippen LogP contribution in [0.4, 0.5) is 0 Å². The average molecular weight is 768 g/mol. The molecule has 0 bridgehead atoms. The number of imidazole rings is 1. The predicted octanol–water partition coefficient (Wildman–Crippen LogP) is 7.61. The summed E-state index contributed by atoms with van der Waals surface area (Å²) in [6.45, 7) is 11.9. The van der Waals surface area contributed by atoms with Crippen molar-refractivity contribution >= 4 is 58.0 Å². The molecule has 2 aromatic carbocycles. The highest BCUT2D eigenvalue weighted by Gasteiger charge is 2.34. The summed E-state index contributed by atoms with van der Waals surface area (Å²) < 4.78 is 17.2. The van der Waals surface area contributed by atoms with Gasteiger partial charge in [0.1, 0.15) is 28.3 Å². The van der Waals surface area contributed by atoms with Crippen LogP contribution in [0.1, 0.15) is 69.3 Å². The highest BCUT2D eigenvalue weighted by atomic mass is 35.5. The lowest BCUT2D eigenvalue weighted by atomic mass is 9.81. The maximum absolute atomic E-state index is 15.1. The molecule has 0 N–H and O–H groups in total. The van der Waals surface area contributed by atoms with Crippen LogP contribution in [0.2, 0.25) is 5.02 Å². The van der Waals surface area contributed by atoms with E-state index < -0.39 is 12.0 Å². The largest absolute Gasteiger partial charge is 0.496 e. The summed E-state index contributed by atoms with van der Waals surface area (Å²) in [5.41, 5.74) is 8.82. The topological polar surface area (TPSA) is 131 Å². The van der Waals surface area contributed by atoms with Crippen molar-refractivity contribution in [1.82, 2.24) is 38.9 Å². The Labute approximate surface area is 325 Å². The molecule has 2 atom stereocenters.